The number of nitrogens with zero attached hydrogens (tertiary/aromatic N) is 4. The molecule has 0 saturated carbocycles. The normalized spacial score (nSPS) is 11.3. The molecule has 3 N–H and O–H groups in total. The molecule has 1 amide bonds. The summed E-state index contributed by atoms with van der Waals surface area (Å²) in [6, 6.07) is 15.8. The molecule has 0 aliphatic heterocycles. The number of nitrogen functional groups attached to an aromatic ring is 1. The van der Waals surface area contributed by atoms with Crippen LogP contribution >= 0.6 is 15.9 Å². The monoisotopic (exact) mass is 497 g/mol. The summed E-state index contributed by atoms with van der Waals surface area (Å²) >= 11 is 3.48. The van der Waals surface area contributed by atoms with Crippen LogP contribution in [0.4, 0.5) is 10.6 Å². The summed E-state index contributed by atoms with van der Waals surface area (Å²) < 4.78 is 8.80. The number of hydrogen-bond acceptors (Lipinski definition) is 5. The van der Waals surface area contributed by atoms with Crippen LogP contribution in [0.25, 0.3) is 21.9 Å². The van der Waals surface area contributed by atoms with Crippen LogP contribution in [0.1, 0.15) is 18.3 Å². The fourth-order valence-electron chi connectivity index (χ4n) is 3.70. The van der Waals surface area contributed by atoms with Gasteiger partial charge >= 0.3 is 6.09 Å². The lowest BCUT2D eigenvalue weighted by atomic mass is 10.2. The van der Waals surface area contributed by atoms with Crippen molar-refractivity contribution in [3.63, 3.8) is 0 Å². The second-order valence-corrected chi connectivity index (χ2v) is 8.29. The second kappa shape index (κ2) is 9.54. The smallest absolute Gasteiger partial charge is 0.407 e. The van der Waals surface area contributed by atoms with E-state index >= 15 is 0 Å². The molecule has 0 spiro atoms. The van der Waals surface area contributed by atoms with Crippen molar-refractivity contribution in [2.75, 3.05) is 18.9 Å². The van der Waals surface area contributed by atoms with Crippen molar-refractivity contribution < 1.29 is 14.6 Å². The Bertz CT molecular complexity index is 1260. The van der Waals surface area contributed by atoms with Crippen molar-refractivity contribution >= 4 is 49.8 Å². The maximum atomic E-state index is 11.6. The molecular weight excluding hydrogens is 474 g/mol. The van der Waals surface area contributed by atoms with Gasteiger partial charge in [0, 0.05) is 22.9 Å². The number of fused-ring (bicyclic) bond motifs is 3. The van der Waals surface area contributed by atoms with Gasteiger partial charge in [-0.3, -0.25) is 0 Å². The molecule has 0 aliphatic rings. The van der Waals surface area contributed by atoms with Crippen LogP contribution in [-0.2, 0) is 24.4 Å². The first-order valence-corrected chi connectivity index (χ1v) is 11.1. The highest BCUT2D eigenvalue weighted by Gasteiger charge is 2.20. The topological polar surface area (TPSA) is 107 Å². The number of amides is 1. The van der Waals surface area contributed by atoms with Gasteiger partial charge in [0.15, 0.2) is 5.82 Å². The van der Waals surface area contributed by atoms with Crippen LogP contribution < -0.4 is 5.73 Å². The molecular formula is C23H24BrN5O3. The minimum atomic E-state index is -0.994. The number of aromatic nitrogens is 3. The lowest BCUT2D eigenvalue weighted by Crippen LogP contribution is -2.30. The molecule has 4 rings (SSSR count). The number of imidazole rings is 1. The first kappa shape index (κ1) is 22.0. The molecule has 4 aromatic rings. The largest absolute Gasteiger partial charge is 0.465 e. The Morgan fingerprint density at radius 3 is 2.72 bits per heavy atom. The number of carboxylic acid groups (broad SMARTS) is 1. The van der Waals surface area contributed by atoms with E-state index in [1.165, 1.54) is 4.90 Å². The van der Waals surface area contributed by atoms with Crippen molar-refractivity contribution in [1.29, 1.82) is 0 Å². The number of ether oxygens (including phenoxy) is 1. The average molecular weight is 498 g/mol. The molecule has 8 nitrogen and oxygen atoms in total. The highest BCUT2D eigenvalue weighted by molar-refractivity contribution is 9.10. The van der Waals surface area contributed by atoms with Gasteiger partial charge in [-0.2, -0.15) is 0 Å². The SMILES string of the molecule is CCN(Cc1nc2c(N)nc3cc(Br)ccc3c2n1CCOCc1ccccc1)C(=O)O. The Morgan fingerprint density at radius 1 is 1.22 bits per heavy atom. The standard InChI is InChI=1S/C23H24BrN5O3/c1-2-28(23(30)31)13-19-27-20-21(17-9-8-16(24)12-18(17)26-22(20)25)29(19)10-11-32-14-15-6-4-3-5-7-15/h3-9,12H,2,10-11,13-14H2,1H3,(H2,25,26)(H,30,31). The number of pyridine rings is 1. The molecule has 0 aliphatic carbocycles. The van der Waals surface area contributed by atoms with Gasteiger partial charge in [0.25, 0.3) is 0 Å². The summed E-state index contributed by atoms with van der Waals surface area (Å²) in [7, 11) is 0. The van der Waals surface area contributed by atoms with Gasteiger partial charge in [0.05, 0.1) is 30.8 Å². The van der Waals surface area contributed by atoms with Crippen molar-refractivity contribution in [3.05, 3.63) is 64.4 Å². The van der Waals surface area contributed by atoms with Crippen LogP contribution in [0.3, 0.4) is 0 Å². The molecule has 2 aromatic heterocycles. The van der Waals surface area contributed by atoms with E-state index in [1.807, 2.05) is 53.1 Å². The molecule has 166 valence electrons. The number of nitrogens with two attached hydrogens (primary N) is 1. The molecule has 9 heteroatoms. The van der Waals surface area contributed by atoms with Crippen LogP contribution in [-0.4, -0.2) is 43.8 Å². The quantitative estimate of drug-likeness (QED) is 0.343. The van der Waals surface area contributed by atoms with E-state index in [0.717, 1.165) is 26.5 Å². The average Bonchev–Trinajstić information content (AvgIpc) is 3.14. The number of anilines is 1. The van der Waals surface area contributed by atoms with Gasteiger partial charge in [-0.15, -0.1) is 0 Å². The molecule has 32 heavy (non-hydrogen) atoms. The molecule has 0 saturated heterocycles. The van der Waals surface area contributed by atoms with Crippen LogP contribution in [0, 0.1) is 0 Å². The van der Waals surface area contributed by atoms with E-state index in [0.29, 0.717) is 43.5 Å². The number of halogens is 1. The van der Waals surface area contributed by atoms with Crippen LogP contribution in [0.15, 0.2) is 53.0 Å². The highest BCUT2D eigenvalue weighted by Crippen LogP contribution is 2.31. The van der Waals surface area contributed by atoms with E-state index in [9.17, 15) is 9.90 Å². The number of carbonyl (C=O) groups is 1. The zero-order chi connectivity index (χ0) is 22.7. The van der Waals surface area contributed by atoms with Crippen molar-refractivity contribution in [2.45, 2.75) is 26.6 Å². The van der Waals surface area contributed by atoms with E-state index in [2.05, 4.69) is 20.9 Å². The van der Waals surface area contributed by atoms with Gasteiger partial charge in [0.2, 0.25) is 0 Å². The van der Waals surface area contributed by atoms with Gasteiger partial charge in [-0.1, -0.05) is 46.3 Å². The molecule has 0 radical (unpaired) electrons. The zero-order valence-corrected chi connectivity index (χ0v) is 19.2. The van der Waals surface area contributed by atoms with E-state index < -0.39 is 6.09 Å². The third-order valence-electron chi connectivity index (χ3n) is 5.30. The molecule has 0 fully saturated rings. The number of rotatable bonds is 8. The Balaban J connectivity index is 1.72. The summed E-state index contributed by atoms with van der Waals surface area (Å²) in [5, 5.41) is 10.4. The summed E-state index contributed by atoms with van der Waals surface area (Å²) in [6.07, 6.45) is -0.994. The van der Waals surface area contributed by atoms with Crippen LogP contribution in [0.2, 0.25) is 0 Å². The van der Waals surface area contributed by atoms with Crippen molar-refractivity contribution in [3.8, 4) is 0 Å². The fraction of sp³-hybridized carbons (Fsp3) is 0.261. The Labute approximate surface area is 193 Å². The first-order valence-electron chi connectivity index (χ1n) is 10.3. The molecule has 0 bridgehead atoms. The highest BCUT2D eigenvalue weighted by atomic mass is 79.9. The van der Waals surface area contributed by atoms with Crippen molar-refractivity contribution in [2.24, 2.45) is 0 Å². The molecule has 2 heterocycles. The van der Waals surface area contributed by atoms with Crippen molar-refractivity contribution in [1.82, 2.24) is 19.4 Å². The lowest BCUT2D eigenvalue weighted by molar-refractivity contribution is 0.112. The third kappa shape index (κ3) is 4.53. The molecule has 2 aromatic carbocycles. The van der Waals surface area contributed by atoms with Gasteiger partial charge in [-0.25, -0.2) is 14.8 Å². The Kier molecular flexibility index (Phi) is 6.57. The maximum absolute atomic E-state index is 11.6. The lowest BCUT2D eigenvalue weighted by Gasteiger charge is -2.18. The number of benzene rings is 2. The second-order valence-electron chi connectivity index (χ2n) is 7.37. The first-order chi connectivity index (χ1) is 15.5. The molecule has 0 atom stereocenters. The van der Waals surface area contributed by atoms with Gasteiger partial charge in [-0.05, 0) is 30.7 Å². The van der Waals surface area contributed by atoms with Gasteiger partial charge in [0.1, 0.15) is 11.3 Å². The Hall–Kier alpha value is -3.17. The predicted octanol–water partition coefficient (Wildman–Crippen LogP) is 4.65. The van der Waals surface area contributed by atoms with Gasteiger partial charge < -0.3 is 25.0 Å². The number of hydrogen-bond donors (Lipinski definition) is 2. The maximum Gasteiger partial charge on any atom is 0.407 e. The minimum absolute atomic E-state index is 0.149. The summed E-state index contributed by atoms with van der Waals surface area (Å²) in [4.78, 5) is 22.1. The summed E-state index contributed by atoms with van der Waals surface area (Å²) in [5.41, 5.74) is 9.48. The minimum Gasteiger partial charge on any atom is -0.465 e. The third-order valence-corrected chi connectivity index (χ3v) is 5.79. The Morgan fingerprint density at radius 2 is 2.00 bits per heavy atom. The summed E-state index contributed by atoms with van der Waals surface area (Å²) in [6.45, 7) is 3.74. The van der Waals surface area contributed by atoms with E-state index in [4.69, 9.17) is 15.5 Å². The van der Waals surface area contributed by atoms with E-state index in [-0.39, 0.29) is 6.54 Å². The predicted molar refractivity (Wildman–Crippen MR) is 127 cm³/mol. The molecule has 0 unspecified atom stereocenters. The summed E-state index contributed by atoms with van der Waals surface area (Å²) in [5.74, 6) is 0.922. The van der Waals surface area contributed by atoms with E-state index in [1.54, 1.807) is 6.92 Å². The fourth-order valence-corrected chi connectivity index (χ4v) is 4.05. The zero-order valence-electron chi connectivity index (χ0n) is 17.7. The van der Waals surface area contributed by atoms with Crippen LogP contribution in [0.5, 0.6) is 0 Å².